The molecular formula is C14H12N4O. The molecule has 0 radical (unpaired) electrons. The zero-order valence-corrected chi connectivity index (χ0v) is 10.5. The number of likely N-dealkylation sites (N-methyl/N-ethyl adjacent to an activating group) is 1. The van der Waals surface area contributed by atoms with Crippen molar-refractivity contribution in [3.05, 3.63) is 41.1 Å². The summed E-state index contributed by atoms with van der Waals surface area (Å²) in [6, 6.07) is 9.00. The number of nitrogens with one attached hydrogen (secondary N) is 1. The molecule has 1 N–H and O–H groups in total. The van der Waals surface area contributed by atoms with Gasteiger partial charge in [-0.25, -0.2) is 0 Å². The summed E-state index contributed by atoms with van der Waals surface area (Å²) in [6.45, 7) is 0.728. The Morgan fingerprint density at radius 2 is 2.16 bits per heavy atom. The van der Waals surface area contributed by atoms with Crippen LogP contribution in [0.5, 0.6) is 0 Å². The average Bonchev–Trinajstić information content (AvgIpc) is 2.44. The van der Waals surface area contributed by atoms with Crippen molar-refractivity contribution < 1.29 is 4.79 Å². The average molecular weight is 252 g/mol. The van der Waals surface area contributed by atoms with Crippen molar-refractivity contribution in [3.8, 4) is 12.1 Å². The second-order valence-corrected chi connectivity index (χ2v) is 4.27. The Kier molecular flexibility index (Phi) is 3.49. The first-order chi connectivity index (χ1) is 9.15. The fourth-order valence-corrected chi connectivity index (χ4v) is 1.92. The van der Waals surface area contributed by atoms with E-state index in [1.807, 2.05) is 12.1 Å². The van der Waals surface area contributed by atoms with Gasteiger partial charge in [-0.1, -0.05) is 6.07 Å². The fourth-order valence-electron chi connectivity index (χ4n) is 1.92. The first-order valence-corrected chi connectivity index (χ1v) is 5.81. The summed E-state index contributed by atoms with van der Waals surface area (Å²) < 4.78 is 0. The van der Waals surface area contributed by atoms with Gasteiger partial charge in [0.2, 0.25) is 0 Å². The van der Waals surface area contributed by atoms with Crippen molar-refractivity contribution in [1.29, 1.82) is 10.5 Å². The van der Waals surface area contributed by atoms with E-state index < -0.39 is 0 Å². The second kappa shape index (κ2) is 5.24. The zero-order chi connectivity index (χ0) is 13.8. The molecule has 1 aromatic carbocycles. The Labute approximate surface area is 111 Å². The molecule has 0 spiro atoms. The summed E-state index contributed by atoms with van der Waals surface area (Å²) in [5.74, 6) is -0.00494. The van der Waals surface area contributed by atoms with Crippen molar-refractivity contribution >= 4 is 11.6 Å². The van der Waals surface area contributed by atoms with Crippen molar-refractivity contribution in [2.24, 2.45) is 0 Å². The van der Waals surface area contributed by atoms with Crippen molar-refractivity contribution in [2.75, 3.05) is 18.9 Å². The molecule has 0 bridgehead atoms. The Morgan fingerprint density at radius 1 is 1.42 bits per heavy atom. The lowest BCUT2D eigenvalue weighted by Crippen LogP contribution is -2.34. The van der Waals surface area contributed by atoms with Crippen LogP contribution >= 0.6 is 0 Å². The van der Waals surface area contributed by atoms with Crippen LogP contribution in [0, 0.1) is 22.7 Å². The molecule has 0 saturated carbocycles. The molecule has 1 heterocycles. The molecule has 2 rings (SSSR count). The number of nitriles is 2. The topological polar surface area (TPSA) is 79.9 Å². The number of carbonyl (C=O) groups is 1. The third-order valence-corrected chi connectivity index (χ3v) is 3.03. The van der Waals surface area contributed by atoms with E-state index in [1.165, 1.54) is 6.20 Å². The molecule has 5 heteroatoms. The lowest BCUT2D eigenvalue weighted by atomic mass is 9.99. The van der Waals surface area contributed by atoms with Gasteiger partial charge < -0.3 is 10.2 Å². The van der Waals surface area contributed by atoms with Crippen LogP contribution in [0.2, 0.25) is 0 Å². The summed E-state index contributed by atoms with van der Waals surface area (Å²) in [5.41, 5.74) is 2.37. The van der Waals surface area contributed by atoms with E-state index >= 15 is 0 Å². The molecule has 1 aliphatic heterocycles. The molecule has 0 atom stereocenters. The van der Waals surface area contributed by atoms with Crippen LogP contribution < -0.4 is 5.32 Å². The van der Waals surface area contributed by atoms with Gasteiger partial charge in [0.25, 0.3) is 5.91 Å². The highest BCUT2D eigenvalue weighted by Crippen LogP contribution is 2.22. The van der Waals surface area contributed by atoms with Gasteiger partial charge in [-0.05, 0) is 24.1 Å². The number of rotatable bonds is 2. The van der Waals surface area contributed by atoms with Crippen LogP contribution in [0.3, 0.4) is 0 Å². The van der Waals surface area contributed by atoms with Crippen molar-refractivity contribution in [2.45, 2.75) is 6.42 Å². The van der Waals surface area contributed by atoms with Gasteiger partial charge in [-0.2, -0.15) is 10.5 Å². The largest absolute Gasteiger partial charge is 0.360 e. The second-order valence-electron chi connectivity index (χ2n) is 4.27. The van der Waals surface area contributed by atoms with E-state index in [4.69, 9.17) is 10.5 Å². The van der Waals surface area contributed by atoms with Crippen LogP contribution in [-0.4, -0.2) is 24.4 Å². The highest BCUT2D eigenvalue weighted by atomic mass is 16.2. The van der Waals surface area contributed by atoms with Gasteiger partial charge in [0.15, 0.2) is 0 Å². The monoisotopic (exact) mass is 252 g/mol. The number of hydrogen-bond donors (Lipinski definition) is 1. The molecule has 0 fully saturated rings. The molecule has 1 amide bonds. The quantitative estimate of drug-likeness (QED) is 0.812. The first kappa shape index (κ1) is 12.7. The molecular weight excluding hydrogens is 240 g/mol. The normalized spacial score (nSPS) is 13.0. The summed E-state index contributed by atoms with van der Waals surface area (Å²) in [4.78, 5) is 13.7. The van der Waals surface area contributed by atoms with E-state index in [9.17, 15) is 4.79 Å². The highest BCUT2D eigenvalue weighted by Gasteiger charge is 2.21. The third-order valence-electron chi connectivity index (χ3n) is 3.03. The van der Waals surface area contributed by atoms with Gasteiger partial charge in [-0.15, -0.1) is 0 Å². The van der Waals surface area contributed by atoms with Crippen LogP contribution in [0.1, 0.15) is 15.9 Å². The maximum Gasteiger partial charge on any atom is 0.253 e. The number of nitrogens with zero attached hydrogens (tertiary/aromatic N) is 3. The van der Waals surface area contributed by atoms with Gasteiger partial charge in [-0.3, -0.25) is 4.79 Å². The van der Waals surface area contributed by atoms with Gasteiger partial charge >= 0.3 is 0 Å². The summed E-state index contributed by atoms with van der Waals surface area (Å²) in [7, 11) is 1.77. The Balaban J connectivity index is 2.27. The summed E-state index contributed by atoms with van der Waals surface area (Å²) in [6.07, 6.45) is 2.17. The molecule has 0 unspecified atom stereocenters. The van der Waals surface area contributed by atoms with Crippen LogP contribution in [0.15, 0.2) is 30.0 Å². The maximum absolute atomic E-state index is 12.0. The van der Waals surface area contributed by atoms with Crippen LogP contribution in [-0.2, 0) is 6.42 Å². The Morgan fingerprint density at radius 3 is 2.84 bits per heavy atom. The zero-order valence-electron chi connectivity index (χ0n) is 10.5. The van der Waals surface area contributed by atoms with Gasteiger partial charge in [0, 0.05) is 31.0 Å². The summed E-state index contributed by atoms with van der Waals surface area (Å²) in [5, 5.41) is 20.1. The van der Waals surface area contributed by atoms with E-state index in [0.29, 0.717) is 11.3 Å². The molecule has 0 saturated heterocycles. The predicted octanol–water partition coefficient (Wildman–Crippen LogP) is 1.66. The minimum absolute atomic E-state index is 0.00494. The van der Waals surface area contributed by atoms with E-state index in [0.717, 1.165) is 18.5 Å². The van der Waals surface area contributed by atoms with E-state index in [-0.39, 0.29) is 11.5 Å². The van der Waals surface area contributed by atoms with E-state index in [2.05, 4.69) is 5.32 Å². The lowest BCUT2D eigenvalue weighted by molar-refractivity contribution is 0.0781. The van der Waals surface area contributed by atoms with Crippen LogP contribution in [0.4, 0.5) is 5.69 Å². The maximum atomic E-state index is 12.0. The molecule has 1 aromatic rings. The highest BCUT2D eigenvalue weighted by molar-refractivity contribution is 5.97. The number of amides is 1. The van der Waals surface area contributed by atoms with Crippen molar-refractivity contribution in [1.82, 2.24) is 4.90 Å². The number of hydrogen-bond acceptors (Lipinski definition) is 4. The molecule has 0 aromatic heterocycles. The van der Waals surface area contributed by atoms with Gasteiger partial charge in [0.1, 0.15) is 17.7 Å². The first-order valence-electron chi connectivity index (χ1n) is 5.81. The number of carbonyl (C=O) groups excluding carboxylic acids is 1. The predicted molar refractivity (Wildman–Crippen MR) is 70.0 cm³/mol. The Bertz CT molecular complexity index is 618. The van der Waals surface area contributed by atoms with Gasteiger partial charge in [0.05, 0.1) is 0 Å². The molecule has 0 aliphatic carbocycles. The summed E-state index contributed by atoms with van der Waals surface area (Å²) >= 11 is 0. The van der Waals surface area contributed by atoms with E-state index in [1.54, 1.807) is 30.2 Å². The lowest BCUT2D eigenvalue weighted by Gasteiger charge is -2.25. The smallest absolute Gasteiger partial charge is 0.253 e. The minimum Gasteiger partial charge on any atom is -0.360 e. The standard InChI is InChI=1S/C14H12N4O/c1-18-5-4-11-2-3-12(6-13(11)14(18)19)17-9-10(7-15)8-16/h2-3,6,9,17H,4-5H2,1H3. The third kappa shape index (κ3) is 2.56. The number of anilines is 1. The molecule has 19 heavy (non-hydrogen) atoms. The number of allylic oxidation sites excluding steroid dienone is 1. The number of benzene rings is 1. The SMILES string of the molecule is CN1CCc2ccc(NC=C(C#N)C#N)cc2C1=O. The molecule has 5 nitrogen and oxygen atoms in total. The molecule has 1 aliphatic rings. The van der Waals surface area contributed by atoms with Crippen molar-refractivity contribution in [3.63, 3.8) is 0 Å². The fraction of sp³-hybridized carbons (Fsp3) is 0.214. The van der Waals surface area contributed by atoms with Crippen LogP contribution in [0.25, 0.3) is 0 Å². The number of fused-ring (bicyclic) bond motifs is 1. The molecule has 94 valence electrons. The minimum atomic E-state index is -0.0128. The Hall–Kier alpha value is -2.79.